The Labute approximate surface area is 419 Å². The lowest BCUT2D eigenvalue weighted by atomic mass is 10.0. The van der Waals surface area contributed by atoms with Crippen molar-refractivity contribution in [2.75, 3.05) is 6.61 Å². The number of rotatable bonds is 48. The molecule has 0 aromatic heterocycles. The average molecular weight is 943 g/mol. The summed E-state index contributed by atoms with van der Waals surface area (Å²) >= 11 is 0. The number of carbonyl (C=O) groups is 2. The maximum Gasteiger partial charge on any atom is 0.306 e. The van der Waals surface area contributed by atoms with Gasteiger partial charge in [0.05, 0.1) is 25.2 Å². The third kappa shape index (κ3) is 48.7. The van der Waals surface area contributed by atoms with Crippen LogP contribution >= 0.6 is 0 Å². The molecule has 0 aliphatic rings. The van der Waals surface area contributed by atoms with Gasteiger partial charge in [0.2, 0.25) is 5.91 Å². The highest BCUT2D eigenvalue weighted by molar-refractivity contribution is 5.77. The molecule has 386 valence electrons. The number of hydrogen-bond donors (Lipinski definition) is 3. The van der Waals surface area contributed by atoms with E-state index in [9.17, 15) is 19.8 Å². The monoisotopic (exact) mass is 942 g/mol. The molecule has 0 bridgehead atoms. The molecule has 1 amide bonds. The van der Waals surface area contributed by atoms with Gasteiger partial charge in [-0.2, -0.15) is 0 Å². The van der Waals surface area contributed by atoms with Crippen LogP contribution in [0.2, 0.25) is 0 Å². The number of aliphatic hydroxyl groups is 2. The van der Waals surface area contributed by atoms with Gasteiger partial charge < -0.3 is 20.3 Å². The van der Waals surface area contributed by atoms with Crippen molar-refractivity contribution >= 4 is 11.9 Å². The van der Waals surface area contributed by atoms with Gasteiger partial charge in [-0.25, -0.2) is 0 Å². The van der Waals surface area contributed by atoms with E-state index >= 15 is 0 Å². The summed E-state index contributed by atoms with van der Waals surface area (Å²) in [5.74, 6) is -0.685. The van der Waals surface area contributed by atoms with Crippen molar-refractivity contribution in [1.29, 1.82) is 0 Å². The Morgan fingerprint density at radius 3 is 1.25 bits per heavy atom. The Bertz CT molecular complexity index is 1430. The van der Waals surface area contributed by atoms with Crippen LogP contribution in [0.3, 0.4) is 0 Å². The minimum Gasteiger partial charge on any atom is -0.461 e. The van der Waals surface area contributed by atoms with Crippen LogP contribution in [0.5, 0.6) is 0 Å². The van der Waals surface area contributed by atoms with E-state index in [4.69, 9.17) is 4.74 Å². The molecule has 0 saturated heterocycles. The van der Waals surface area contributed by atoms with E-state index in [1.54, 1.807) is 0 Å². The van der Waals surface area contributed by atoms with Gasteiger partial charge >= 0.3 is 5.97 Å². The molecule has 0 aliphatic heterocycles. The van der Waals surface area contributed by atoms with Gasteiger partial charge in [0.25, 0.3) is 0 Å². The van der Waals surface area contributed by atoms with Gasteiger partial charge in [0, 0.05) is 12.8 Å². The maximum absolute atomic E-state index is 13.2. The number of ether oxygens (including phenoxy) is 1. The third-order valence-corrected chi connectivity index (χ3v) is 11.8. The van der Waals surface area contributed by atoms with Crippen molar-refractivity contribution in [1.82, 2.24) is 5.32 Å². The highest BCUT2D eigenvalue weighted by Crippen LogP contribution is 2.16. The van der Waals surface area contributed by atoms with Gasteiger partial charge in [-0.05, 0) is 83.5 Å². The van der Waals surface area contributed by atoms with Crippen molar-refractivity contribution in [3.63, 3.8) is 0 Å². The van der Waals surface area contributed by atoms with Crippen LogP contribution in [0.15, 0.2) is 122 Å². The summed E-state index contributed by atoms with van der Waals surface area (Å²) in [5, 5.41) is 23.8. The van der Waals surface area contributed by atoms with Crippen LogP contribution in [0, 0.1) is 0 Å². The molecule has 0 aliphatic carbocycles. The van der Waals surface area contributed by atoms with Gasteiger partial charge in [-0.15, -0.1) is 0 Å². The number of amides is 1. The second-order valence-corrected chi connectivity index (χ2v) is 18.3. The first-order chi connectivity index (χ1) is 33.5. The first-order valence-corrected chi connectivity index (χ1v) is 27.8. The Hall–Kier alpha value is -3.74. The zero-order valence-corrected chi connectivity index (χ0v) is 43.9. The molecule has 0 fully saturated rings. The van der Waals surface area contributed by atoms with Crippen molar-refractivity contribution < 1.29 is 24.5 Å². The van der Waals surface area contributed by atoms with Gasteiger partial charge in [-0.3, -0.25) is 9.59 Å². The minimum absolute atomic E-state index is 0.0359. The smallest absolute Gasteiger partial charge is 0.306 e. The molecule has 3 N–H and O–H groups in total. The van der Waals surface area contributed by atoms with E-state index < -0.39 is 18.2 Å². The molecule has 0 spiro atoms. The summed E-state index contributed by atoms with van der Waals surface area (Å²) in [6, 6.07) is -0.754. The number of aliphatic hydroxyl groups excluding tert-OH is 2. The number of esters is 1. The zero-order valence-electron chi connectivity index (χ0n) is 43.9. The lowest BCUT2D eigenvalue weighted by molar-refractivity contribution is -0.150. The number of allylic oxidation sites excluding steroid dienone is 19. The highest BCUT2D eigenvalue weighted by atomic mass is 16.5. The van der Waals surface area contributed by atoms with Crippen LogP contribution in [-0.2, 0) is 14.3 Å². The highest BCUT2D eigenvalue weighted by Gasteiger charge is 2.23. The first kappa shape index (κ1) is 64.3. The van der Waals surface area contributed by atoms with E-state index in [1.807, 2.05) is 18.2 Å². The fraction of sp³-hybridized carbons (Fsp3) is 0.645. The summed E-state index contributed by atoms with van der Waals surface area (Å²) in [7, 11) is 0. The molecule has 0 aromatic carbocycles. The first-order valence-electron chi connectivity index (χ1n) is 27.8. The lowest BCUT2D eigenvalue weighted by Crippen LogP contribution is -2.46. The number of carbonyl (C=O) groups excluding carboxylic acids is 2. The van der Waals surface area contributed by atoms with Crippen LogP contribution in [0.4, 0.5) is 0 Å². The molecule has 6 heteroatoms. The van der Waals surface area contributed by atoms with Crippen LogP contribution in [0.25, 0.3) is 0 Å². The SMILES string of the molecule is CC/C=C\C/C=C\C/C=C\C/C=C\C/C=C\C/C=C\CCC(=O)OC(C/C=C\C/C=C\C/C=C\C/C=C\CCCCC)CC(=O)NC(CO)C(O)CCCCCCCCCCCCCCCCC. The summed E-state index contributed by atoms with van der Waals surface area (Å²) in [5.41, 5.74) is 0. The van der Waals surface area contributed by atoms with Crippen LogP contribution in [0.1, 0.15) is 233 Å². The van der Waals surface area contributed by atoms with Crippen LogP contribution < -0.4 is 5.32 Å². The standard InChI is InChI=1S/C62H103NO5/c1-4-7-10-13-16-19-22-25-28-29-30-31-34-37-40-43-46-49-52-55-62(67)68-58(53-50-47-44-41-38-35-32-26-23-20-17-14-11-8-5-2)56-61(66)63-59(57-64)60(65)54-51-48-45-42-39-36-33-27-24-21-18-15-12-9-6-3/h7,10,16-17,19-20,25-26,28,30-32,37-38,40-41,46-47,49-50,58-60,64-65H,4-6,8-9,11-15,18,21-24,27,29,33-36,39,42-45,48,51-57H2,1-3H3,(H,63,66)/b10-7-,19-16-,20-17-,28-25-,31-30-,32-26-,40-37-,41-38-,49-46-,50-47-. The second-order valence-electron chi connectivity index (χ2n) is 18.3. The molecular formula is C62H103NO5. The Morgan fingerprint density at radius 1 is 0.456 bits per heavy atom. The maximum atomic E-state index is 13.2. The van der Waals surface area contributed by atoms with Gasteiger partial charge in [0.1, 0.15) is 6.10 Å². The number of hydrogen-bond acceptors (Lipinski definition) is 5. The Kier molecular flexibility index (Phi) is 51.2. The van der Waals surface area contributed by atoms with Crippen molar-refractivity contribution in [3.05, 3.63) is 122 Å². The molecule has 0 aromatic rings. The normalized spacial score (nSPS) is 14.1. The van der Waals surface area contributed by atoms with Crippen LogP contribution in [-0.4, -0.2) is 46.9 Å². The third-order valence-electron chi connectivity index (χ3n) is 11.8. The minimum atomic E-state index is -0.832. The molecule has 0 saturated carbocycles. The summed E-state index contributed by atoms with van der Waals surface area (Å²) in [6.07, 6.45) is 75.7. The van der Waals surface area contributed by atoms with Crippen molar-refractivity contribution in [2.45, 2.75) is 251 Å². The second kappa shape index (κ2) is 54.2. The van der Waals surface area contributed by atoms with E-state index in [2.05, 4.69) is 129 Å². The van der Waals surface area contributed by atoms with E-state index in [-0.39, 0.29) is 31.3 Å². The van der Waals surface area contributed by atoms with E-state index in [0.717, 1.165) is 83.5 Å². The fourth-order valence-corrected chi connectivity index (χ4v) is 7.61. The molecule has 0 radical (unpaired) electrons. The molecule has 6 nitrogen and oxygen atoms in total. The summed E-state index contributed by atoms with van der Waals surface area (Å²) < 4.78 is 5.84. The van der Waals surface area contributed by atoms with Crippen molar-refractivity contribution in [2.24, 2.45) is 0 Å². The van der Waals surface area contributed by atoms with Crippen molar-refractivity contribution in [3.8, 4) is 0 Å². The predicted molar refractivity (Wildman–Crippen MR) is 296 cm³/mol. The molecule has 68 heavy (non-hydrogen) atoms. The largest absolute Gasteiger partial charge is 0.461 e. The molecular weight excluding hydrogens is 839 g/mol. The Morgan fingerprint density at radius 2 is 0.824 bits per heavy atom. The van der Waals surface area contributed by atoms with E-state index in [1.165, 1.54) is 96.3 Å². The lowest BCUT2D eigenvalue weighted by Gasteiger charge is -2.24. The quantitative estimate of drug-likeness (QED) is 0.0321. The van der Waals surface area contributed by atoms with Gasteiger partial charge in [0.15, 0.2) is 0 Å². The predicted octanol–water partition coefficient (Wildman–Crippen LogP) is 17.2. The Balaban J connectivity index is 4.81. The average Bonchev–Trinajstić information content (AvgIpc) is 3.33. The molecule has 3 atom stereocenters. The summed E-state index contributed by atoms with van der Waals surface area (Å²) in [4.78, 5) is 26.2. The number of nitrogens with one attached hydrogen (secondary N) is 1. The topological polar surface area (TPSA) is 95.9 Å². The molecule has 0 heterocycles. The molecule has 3 unspecified atom stereocenters. The molecule has 0 rings (SSSR count). The number of unbranched alkanes of at least 4 members (excludes halogenated alkanes) is 17. The summed E-state index contributed by atoms with van der Waals surface area (Å²) in [6.45, 7) is 6.30. The fourth-order valence-electron chi connectivity index (χ4n) is 7.61. The zero-order chi connectivity index (χ0) is 49.5. The van der Waals surface area contributed by atoms with Gasteiger partial charge in [-0.1, -0.05) is 251 Å². The van der Waals surface area contributed by atoms with E-state index in [0.29, 0.717) is 19.3 Å².